The van der Waals surface area contributed by atoms with E-state index < -0.39 is 11.4 Å². The molecule has 0 bridgehead atoms. The molecule has 0 saturated carbocycles. The highest BCUT2D eigenvalue weighted by Crippen LogP contribution is 2.33. The Labute approximate surface area is 201 Å². The maximum atomic E-state index is 15.0. The van der Waals surface area contributed by atoms with Crippen molar-refractivity contribution in [1.29, 1.82) is 0 Å². The second kappa shape index (κ2) is 11.5. The largest absolute Gasteiger partial charge is 0.490 e. The minimum Gasteiger partial charge on any atom is -0.490 e. The van der Waals surface area contributed by atoms with E-state index in [4.69, 9.17) is 9.15 Å². The molecule has 0 aliphatic heterocycles. The molecular weight excluding hydrogens is 427 g/mol. The number of unbranched alkanes of at least 4 members (excludes halogenated alkanes) is 5. The number of hydrogen-bond donors (Lipinski definition) is 0. The van der Waals surface area contributed by atoms with E-state index in [-0.39, 0.29) is 11.1 Å². The van der Waals surface area contributed by atoms with Gasteiger partial charge in [0, 0.05) is 5.56 Å². The molecule has 1 unspecified atom stereocenters. The van der Waals surface area contributed by atoms with Gasteiger partial charge in [-0.1, -0.05) is 81.0 Å². The summed E-state index contributed by atoms with van der Waals surface area (Å²) in [7, 11) is 0. The van der Waals surface area contributed by atoms with E-state index in [1.807, 2.05) is 12.1 Å². The van der Waals surface area contributed by atoms with Crippen LogP contribution in [0.1, 0.15) is 83.1 Å². The first-order valence-electron chi connectivity index (χ1n) is 12.7. The summed E-state index contributed by atoms with van der Waals surface area (Å²) in [6.07, 6.45) is 12.5. The van der Waals surface area contributed by atoms with Gasteiger partial charge < -0.3 is 9.15 Å². The zero-order valence-corrected chi connectivity index (χ0v) is 20.4. The number of hydrogen-bond acceptors (Lipinski definition) is 3. The molecular formula is C30H35FO3. The van der Waals surface area contributed by atoms with Crippen molar-refractivity contribution in [3.63, 3.8) is 0 Å². The summed E-state index contributed by atoms with van der Waals surface area (Å²) in [4.78, 5) is 12.7. The molecule has 0 amide bonds. The predicted octanol–water partition coefficient (Wildman–Crippen LogP) is 8.55. The summed E-state index contributed by atoms with van der Waals surface area (Å²) < 4.78 is 26.2. The summed E-state index contributed by atoms with van der Waals surface area (Å²) in [5.41, 5.74) is 2.91. The quantitative estimate of drug-likeness (QED) is 0.224. The molecule has 2 aromatic carbocycles. The second-order valence-corrected chi connectivity index (χ2v) is 9.50. The van der Waals surface area contributed by atoms with E-state index in [9.17, 15) is 4.79 Å². The van der Waals surface area contributed by atoms with Gasteiger partial charge in [-0.2, -0.15) is 0 Å². The third kappa shape index (κ3) is 5.78. The van der Waals surface area contributed by atoms with E-state index in [1.165, 1.54) is 36.8 Å². The Hall–Kier alpha value is -2.88. The van der Waals surface area contributed by atoms with Crippen molar-refractivity contribution in [3.05, 3.63) is 75.9 Å². The van der Waals surface area contributed by atoms with Crippen LogP contribution in [0.5, 0.6) is 5.75 Å². The first kappa shape index (κ1) is 24.3. The lowest BCUT2D eigenvalue weighted by atomic mass is 9.85. The average Bonchev–Trinajstić information content (AvgIpc) is 2.85. The summed E-state index contributed by atoms with van der Waals surface area (Å²) >= 11 is 0. The van der Waals surface area contributed by atoms with Crippen molar-refractivity contribution in [1.82, 2.24) is 0 Å². The fraction of sp³-hybridized carbons (Fsp3) is 0.433. The van der Waals surface area contributed by atoms with E-state index in [0.29, 0.717) is 23.7 Å². The Morgan fingerprint density at radius 2 is 1.79 bits per heavy atom. The van der Waals surface area contributed by atoms with Crippen LogP contribution in [-0.2, 0) is 0 Å². The van der Waals surface area contributed by atoms with Gasteiger partial charge in [-0.05, 0) is 61.6 Å². The molecule has 1 heterocycles. The van der Waals surface area contributed by atoms with Crippen LogP contribution in [0.4, 0.5) is 4.39 Å². The summed E-state index contributed by atoms with van der Waals surface area (Å²) in [5, 5.41) is 0.470. The van der Waals surface area contributed by atoms with Crippen LogP contribution >= 0.6 is 0 Å². The topological polar surface area (TPSA) is 39.4 Å². The highest BCUT2D eigenvalue weighted by atomic mass is 19.1. The highest BCUT2D eigenvalue weighted by molar-refractivity contribution is 5.86. The van der Waals surface area contributed by atoms with Gasteiger partial charge in [0.05, 0.1) is 6.61 Å². The third-order valence-corrected chi connectivity index (χ3v) is 6.89. The van der Waals surface area contributed by atoms with Crippen molar-refractivity contribution < 1.29 is 13.5 Å². The second-order valence-electron chi connectivity index (χ2n) is 9.50. The molecule has 0 spiro atoms. The maximum absolute atomic E-state index is 15.0. The SMILES string of the molecule is CCCCCCCCOc1ccc2cc(-c3ccc(C4CC=C(C)CC4)cc3)oc(=O)c2c1F. The molecule has 180 valence electrons. The van der Waals surface area contributed by atoms with Gasteiger partial charge in [0.25, 0.3) is 0 Å². The fourth-order valence-electron chi connectivity index (χ4n) is 4.73. The van der Waals surface area contributed by atoms with Crippen LogP contribution in [0, 0.1) is 5.82 Å². The number of rotatable bonds is 10. The molecule has 1 aromatic heterocycles. The Bertz CT molecular complexity index is 1190. The minimum atomic E-state index is -0.674. The van der Waals surface area contributed by atoms with Crippen molar-refractivity contribution >= 4 is 10.8 Å². The number of allylic oxidation sites excluding steroid dienone is 2. The number of benzene rings is 2. The Balaban J connectivity index is 1.46. The van der Waals surface area contributed by atoms with E-state index in [0.717, 1.165) is 37.7 Å². The lowest BCUT2D eigenvalue weighted by molar-refractivity contribution is 0.291. The van der Waals surface area contributed by atoms with Crippen LogP contribution in [-0.4, -0.2) is 6.61 Å². The van der Waals surface area contributed by atoms with Gasteiger partial charge >= 0.3 is 5.63 Å². The molecule has 0 fully saturated rings. The zero-order valence-electron chi connectivity index (χ0n) is 20.4. The maximum Gasteiger partial charge on any atom is 0.347 e. The molecule has 1 aliphatic carbocycles. The van der Waals surface area contributed by atoms with Gasteiger partial charge in [-0.25, -0.2) is 9.18 Å². The highest BCUT2D eigenvalue weighted by Gasteiger charge is 2.17. The Morgan fingerprint density at radius 3 is 2.53 bits per heavy atom. The molecule has 3 aromatic rings. The Kier molecular flexibility index (Phi) is 8.21. The van der Waals surface area contributed by atoms with Gasteiger partial charge in [0.2, 0.25) is 0 Å². The number of ether oxygens (including phenoxy) is 1. The van der Waals surface area contributed by atoms with E-state index in [1.54, 1.807) is 18.2 Å². The van der Waals surface area contributed by atoms with Crippen LogP contribution in [0.15, 0.2) is 63.3 Å². The number of fused-ring (bicyclic) bond motifs is 1. The molecule has 3 nitrogen and oxygen atoms in total. The lowest BCUT2D eigenvalue weighted by Crippen LogP contribution is -2.06. The third-order valence-electron chi connectivity index (χ3n) is 6.89. The fourth-order valence-corrected chi connectivity index (χ4v) is 4.73. The minimum absolute atomic E-state index is 0.0508. The van der Waals surface area contributed by atoms with Gasteiger partial charge in [0.15, 0.2) is 11.6 Å². The summed E-state index contributed by atoms with van der Waals surface area (Å²) in [6.45, 7) is 4.83. The molecule has 4 rings (SSSR count). The molecule has 0 radical (unpaired) electrons. The number of halogens is 1. The van der Waals surface area contributed by atoms with Crippen molar-refractivity contribution in [2.24, 2.45) is 0 Å². The monoisotopic (exact) mass is 462 g/mol. The van der Waals surface area contributed by atoms with Gasteiger partial charge in [-0.3, -0.25) is 0 Å². The van der Waals surface area contributed by atoms with Gasteiger partial charge in [-0.15, -0.1) is 0 Å². The normalized spacial score (nSPS) is 16.0. The van der Waals surface area contributed by atoms with Crippen molar-refractivity contribution in [2.45, 2.75) is 77.6 Å². The Morgan fingerprint density at radius 1 is 1.03 bits per heavy atom. The predicted molar refractivity (Wildman–Crippen MR) is 137 cm³/mol. The standard InChI is InChI=1S/C30H35FO3/c1-3-4-5-6-7-8-19-33-26-18-17-25-20-27(34-30(32)28(25)29(26)31)24-15-13-23(14-16-24)22-11-9-21(2)10-12-22/h9,13-18,20,22H,3-8,10-12,19H2,1-2H3. The lowest BCUT2D eigenvalue weighted by Gasteiger charge is -2.21. The first-order chi connectivity index (χ1) is 16.6. The van der Waals surface area contributed by atoms with Crippen LogP contribution in [0.25, 0.3) is 22.1 Å². The van der Waals surface area contributed by atoms with Gasteiger partial charge in [0.1, 0.15) is 11.1 Å². The van der Waals surface area contributed by atoms with E-state index in [2.05, 4.69) is 32.1 Å². The zero-order chi connectivity index (χ0) is 23.9. The van der Waals surface area contributed by atoms with Crippen molar-refractivity contribution in [2.75, 3.05) is 6.61 Å². The molecule has 4 heteroatoms. The smallest absolute Gasteiger partial charge is 0.347 e. The summed E-state index contributed by atoms with van der Waals surface area (Å²) in [5.74, 6) is 0.454. The van der Waals surface area contributed by atoms with Crippen LogP contribution in [0.2, 0.25) is 0 Å². The molecule has 1 aliphatic rings. The summed E-state index contributed by atoms with van der Waals surface area (Å²) in [6, 6.07) is 13.3. The molecule has 1 atom stereocenters. The molecule has 34 heavy (non-hydrogen) atoms. The molecule has 0 saturated heterocycles. The van der Waals surface area contributed by atoms with Crippen LogP contribution in [0.3, 0.4) is 0 Å². The average molecular weight is 463 g/mol. The molecule has 0 N–H and O–H groups in total. The first-order valence-corrected chi connectivity index (χ1v) is 12.7. The van der Waals surface area contributed by atoms with Crippen LogP contribution < -0.4 is 10.4 Å². The van der Waals surface area contributed by atoms with Crippen molar-refractivity contribution in [3.8, 4) is 17.1 Å². The van der Waals surface area contributed by atoms with E-state index >= 15 is 4.39 Å².